The molecule has 0 unspecified atom stereocenters. The number of carbonyl (C=O) groups is 1. The van der Waals surface area contributed by atoms with Gasteiger partial charge >= 0.3 is 0 Å². The van der Waals surface area contributed by atoms with Gasteiger partial charge in [0, 0.05) is 18.7 Å². The number of hydrogen-bond acceptors (Lipinski definition) is 6. The van der Waals surface area contributed by atoms with Crippen LogP contribution in [0.5, 0.6) is 11.5 Å². The van der Waals surface area contributed by atoms with Crippen molar-refractivity contribution in [1.29, 1.82) is 0 Å². The van der Waals surface area contributed by atoms with Gasteiger partial charge in [-0.25, -0.2) is 0 Å². The maximum atomic E-state index is 12.3. The maximum absolute atomic E-state index is 12.3. The van der Waals surface area contributed by atoms with Crippen molar-refractivity contribution in [1.82, 2.24) is 14.8 Å². The van der Waals surface area contributed by atoms with Crippen molar-refractivity contribution in [2.24, 2.45) is 0 Å². The van der Waals surface area contributed by atoms with Gasteiger partial charge in [0.25, 0.3) is 0 Å². The number of nitrogens with one attached hydrogen (secondary N) is 1. The Kier molecular flexibility index (Phi) is 8.74. The van der Waals surface area contributed by atoms with Crippen LogP contribution in [0.15, 0.2) is 66.3 Å². The number of nitrogens with zero attached hydrogens (tertiary/aromatic N) is 3. The third-order valence-electron chi connectivity index (χ3n) is 4.84. The first kappa shape index (κ1) is 23.4. The number of carbonyl (C=O) groups excluding carboxylic acids is 1. The monoisotopic (exact) mass is 452 g/mol. The first-order valence-electron chi connectivity index (χ1n) is 10.4. The smallest absolute Gasteiger partial charge is 0.234 e. The Morgan fingerprint density at radius 2 is 1.69 bits per heavy atom. The van der Waals surface area contributed by atoms with E-state index in [2.05, 4.69) is 34.2 Å². The standard InChI is InChI=1S/C24H28N4O3S/c1-4-16-28-22(7-5-6-18-8-12-20(30-2)13-9-18)26-27-24(28)32-17-23(29)25-19-10-14-21(31-3)15-11-19/h4,8-15H,1,5-7,16-17H2,2-3H3,(H,25,29). The van der Waals surface area contributed by atoms with E-state index in [0.717, 1.165) is 42.3 Å². The van der Waals surface area contributed by atoms with E-state index in [1.54, 1.807) is 14.2 Å². The number of aromatic nitrogens is 3. The number of aryl methyl sites for hydroxylation is 2. The lowest BCUT2D eigenvalue weighted by molar-refractivity contribution is -0.113. The van der Waals surface area contributed by atoms with Crippen molar-refractivity contribution in [2.75, 3.05) is 25.3 Å². The lowest BCUT2D eigenvalue weighted by Gasteiger charge is -2.09. The molecule has 0 saturated heterocycles. The number of anilines is 1. The highest BCUT2D eigenvalue weighted by atomic mass is 32.2. The van der Waals surface area contributed by atoms with Crippen molar-refractivity contribution < 1.29 is 14.3 Å². The molecule has 0 saturated carbocycles. The van der Waals surface area contributed by atoms with Crippen LogP contribution in [-0.4, -0.2) is 40.6 Å². The Hall–Kier alpha value is -3.26. The van der Waals surface area contributed by atoms with E-state index in [-0.39, 0.29) is 11.7 Å². The average molecular weight is 453 g/mol. The second kappa shape index (κ2) is 12.0. The molecule has 0 spiro atoms. The van der Waals surface area contributed by atoms with Crippen molar-refractivity contribution >= 4 is 23.4 Å². The minimum absolute atomic E-state index is 0.102. The van der Waals surface area contributed by atoms with E-state index in [0.29, 0.717) is 11.7 Å². The van der Waals surface area contributed by atoms with Gasteiger partial charge in [0.2, 0.25) is 5.91 Å². The summed E-state index contributed by atoms with van der Waals surface area (Å²) >= 11 is 1.37. The molecule has 8 heteroatoms. The molecule has 1 heterocycles. The Morgan fingerprint density at radius 3 is 2.31 bits per heavy atom. The third kappa shape index (κ3) is 6.62. The summed E-state index contributed by atoms with van der Waals surface area (Å²) in [6, 6.07) is 15.3. The third-order valence-corrected chi connectivity index (χ3v) is 5.80. The zero-order valence-electron chi connectivity index (χ0n) is 18.4. The van der Waals surface area contributed by atoms with Gasteiger partial charge in [0.1, 0.15) is 17.3 Å². The molecule has 0 fully saturated rings. The number of rotatable bonds is 12. The first-order chi connectivity index (χ1) is 15.6. The van der Waals surface area contributed by atoms with Crippen molar-refractivity contribution in [3.63, 3.8) is 0 Å². The highest BCUT2D eigenvalue weighted by molar-refractivity contribution is 7.99. The summed E-state index contributed by atoms with van der Waals surface area (Å²) < 4.78 is 12.4. The fourth-order valence-corrected chi connectivity index (χ4v) is 3.93. The lowest BCUT2D eigenvalue weighted by Crippen LogP contribution is -2.14. The normalized spacial score (nSPS) is 10.6. The van der Waals surface area contributed by atoms with Crippen LogP contribution in [-0.2, 0) is 24.2 Å². The van der Waals surface area contributed by atoms with Gasteiger partial charge in [0.15, 0.2) is 5.16 Å². The Bertz CT molecular complexity index is 1020. The van der Waals surface area contributed by atoms with Gasteiger partial charge < -0.3 is 19.4 Å². The molecule has 3 aromatic rings. The summed E-state index contributed by atoms with van der Waals surface area (Å²) in [6.07, 6.45) is 4.51. The molecule has 32 heavy (non-hydrogen) atoms. The molecule has 0 atom stereocenters. The second-order valence-corrected chi connectivity index (χ2v) is 8.01. The van der Waals surface area contributed by atoms with E-state index >= 15 is 0 Å². The minimum atomic E-state index is -0.102. The van der Waals surface area contributed by atoms with Crippen LogP contribution >= 0.6 is 11.8 Å². The van der Waals surface area contributed by atoms with Gasteiger partial charge in [-0.1, -0.05) is 30.0 Å². The van der Waals surface area contributed by atoms with Gasteiger partial charge in [0.05, 0.1) is 20.0 Å². The average Bonchev–Trinajstić information content (AvgIpc) is 3.20. The fourth-order valence-electron chi connectivity index (χ4n) is 3.17. The van der Waals surface area contributed by atoms with Crippen LogP contribution in [0.2, 0.25) is 0 Å². The Balaban J connectivity index is 1.53. The number of thioether (sulfide) groups is 1. The molecule has 0 radical (unpaired) electrons. The Labute approximate surface area is 192 Å². The zero-order chi connectivity index (χ0) is 22.8. The summed E-state index contributed by atoms with van der Waals surface area (Å²) in [6.45, 7) is 4.44. The number of methoxy groups -OCH3 is 2. The van der Waals surface area contributed by atoms with Crippen LogP contribution in [0.1, 0.15) is 17.8 Å². The molecule has 0 aliphatic heterocycles. The predicted octanol–water partition coefficient (Wildman–Crippen LogP) is 4.39. The predicted molar refractivity (Wildman–Crippen MR) is 128 cm³/mol. The summed E-state index contributed by atoms with van der Waals surface area (Å²) in [5, 5.41) is 12.3. The van der Waals surface area contributed by atoms with E-state index in [9.17, 15) is 4.79 Å². The van der Waals surface area contributed by atoms with E-state index in [1.165, 1.54) is 17.3 Å². The molecule has 7 nitrogen and oxygen atoms in total. The van der Waals surface area contributed by atoms with Crippen LogP contribution in [0.25, 0.3) is 0 Å². The van der Waals surface area contributed by atoms with Crippen LogP contribution in [0, 0.1) is 0 Å². The SMILES string of the molecule is C=CCn1c(CCCc2ccc(OC)cc2)nnc1SCC(=O)Nc1ccc(OC)cc1. The molecule has 1 N–H and O–H groups in total. The minimum Gasteiger partial charge on any atom is -0.497 e. The number of hydrogen-bond donors (Lipinski definition) is 1. The second-order valence-electron chi connectivity index (χ2n) is 7.07. The van der Waals surface area contributed by atoms with Crippen LogP contribution < -0.4 is 14.8 Å². The molecular formula is C24H28N4O3S. The molecule has 2 aromatic carbocycles. The van der Waals surface area contributed by atoms with Crippen LogP contribution in [0.4, 0.5) is 5.69 Å². The number of amides is 1. The molecule has 1 amide bonds. The zero-order valence-corrected chi connectivity index (χ0v) is 19.2. The topological polar surface area (TPSA) is 78.3 Å². The molecule has 0 aliphatic carbocycles. The van der Waals surface area contributed by atoms with Crippen molar-refractivity contribution in [2.45, 2.75) is 31.0 Å². The lowest BCUT2D eigenvalue weighted by atomic mass is 10.1. The molecular weight excluding hydrogens is 424 g/mol. The molecule has 3 rings (SSSR count). The van der Waals surface area contributed by atoms with Crippen molar-refractivity contribution in [3.05, 3.63) is 72.6 Å². The van der Waals surface area contributed by atoms with Gasteiger partial charge in [-0.05, 0) is 54.8 Å². The summed E-state index contributed by atoms with van der Waals surface area (Å²) in [7, 11) is 3.27. The van der Waals surface area contributed by atoms with E-state index in [1.807, 2.05) is 47.0 Å². The van der Waals surface area contributed by atoms with Gasteiger partial charge in [-0.2, -0.15) is 0 Å². The first-order valence-corrected chi connectivity index (χ1v) is 11.3. The number of ether oxygens (including phenoxy) is 2. The quantitative estimate of drug-likeness (QED) is 0.324. The van der Waals surface area contributed by atoms with Gasteiger partial charge in [-0.3, -0.25) is 4.79 Å². The maximum Gasteiger partial charge on any atom is 0.234 e. The van der Waals surface area contributed by atoms with Crippen molar-refractivity contribution in [3.8, 4) is 11.5 Å². The summed E-state index contributed by atoms with van der Waals surface area (Å²) in [5.41, 5.74) is 1.98. The number of allylic oxidation sites excluding steroid dienone is 1. The molecule has 0 aliphatic rings. The van der Waals surface area contributed by atoms with E-state index in [4.69, 9.17) is 9.47 Å². The van der Waals surface area contributed by atoms with Gasteiger partial charge in [-0.15, -0.1) is 16.8 Å². The Morgan fingerprint density at radius 1 is 1.03 bits per heavy atom. The number of benzene rings is 2. The molecule has 0 bridgehead atoms. The van der Waals surface area contributed by atoms with E-state index < -0.39 is 0 Å². The molecule has 168 valence electrons. The molecule has 1 aromatic heterocycles. The van der Waals surface area contributed by atoms with Crippen LogP contribution in [0.3, 0.4) is 0 Å². The summed E-state index contributed by atoms with van der Waals surface area (Å²) in [4.78, 5) is 12.3. The largest absolute Gasteiger partial charge is 0.497 e. The fraction of sp³-hybridized carbons (Fsp3) is 0.292. The highest BCUT2D eigenvalue weighted by Crippen LogP contribution is 2.20. The summed E-state index contributed by atoms with van der Waals surface area (Å²) in [5.74, 6) is 2.64. The highest BCUT2D eigenvalue weighted by Gasteiger charge is 2.13.